The minimum Gasteiger partial charge on any atom is -0.391 e. The van der Waals surface area contributed by atoms with E-state index in [-0.39, 0.29) is 34.5 Å². The largest absolute Gasteiger partial charge is 0.391 e. The normalized spacial score (nSPS) is 32.3. The summed E-state index contributed by atoms with van der Waals surface area (Å²) in [6, 6.07) is 0. The summed E-state index contributed by atoms with van der Waals surface area (Å²) in [7, 11) is -2.49. The molecule has 0 amide bonds. The molecule has 2 unspecified atom stereocenters. The van der Waals surface area contributed by atoms with Crippen molar-refractivity contribution >= 4 is 8.56 Å². The molecule has 2 fully saturated rings. The molecular formula is C21H41N3O4Si. The standard InChI is InChI=1S/C21H41N3O4Si/c1-15-16(2)19(25-13-11-9-10-12-23-24-22)27-17-14-26-29(20(3,4)5,21(6,7)8)28-18(15)17/h15-19H,9-14H2,1-8H3/t15-,16?,17?,18-,19+/m1/s1. The molecule has 2 aliphatic heterocycles. The molecule has 0 aromatic carbocycles. The van der Waals surface area contributed by atoms with Gasteiger partial charge in [-0.3, -0.25) is 0 Å². The van der Waals surface area contributed by atoms with Crippen LogP contribution in [0.4, 0.5) is 0 Å². The van der Waals surface area contributed by atoms with Gasteiger partial charge in [0.2, 0.25) is 0 Å². The summed E-state index contributed by atoms with van der Waals surface area (Å²) in [6.45, 7) is 19.7. The third kappa shape index (κ3) is 5.35. The Hall–Kier alpha value is -0.633. The highest BCUT2D eigenvalue weighted by Crippen LogP contribution is 2.55. The van der Waals surface area contributed by atoms with Crippen molar-refractivity contribution in [2.75, 3.05) is 19.8 Å². The molecular weight excluding hydrogens is 386 g/mol. The fourth-order valence-corrected chi connectivity index (χ4v) is 9.85. The van der Waals surface area contributed by atoms with Gasteiger partial charge in [-0.25, -0.2) is 0 Å². The first-order chi connectivity index (χ1) is 13.4. The fraction of sp³-hybridized carbons (Fsp3) is 1.00. The molecule has 2 rings (SSSR count). The first-order valence-electron chi connectivity index (χ1n) is 11.0. The van der Waals surface area contributed by atoms with Gasteiger partial charge in [-0.1, -0.05) is 66.9 Å². The molecule has 2 heterocycles. The Kier molecular flexibility index (Phi) is 8.21. The van der Waals surface area contributed by atoms with Gasteiger partial charge >= 0.3 is 8.56 Å². The summed E-state index contributed by atoms with van der Waals surface area (Å²) in [4.78, 5) is 2.78. The van der Waals surface area contributed by atoms with Crippen molar-refractivity contribution in [2.45, 2.75) is 103 Å². The van der Waals surface area contributed by atoms with E-state index in [1.807, 2.05) is 0 Å². The highest BCUT2D eigenvalue weighted by Gasteiger charge is 2.63. The van der Waals surface area contributed by atoms with E-state index in [1.54, 1.807) is 0 Å². The van der Waals surface area contributed by atoms with Crippen molar-refractivity contribution in [1.82, 2.24) is 0 Å². The molecule has 0 spiro atoms. The van der Waals surface area contributed by atoms with Gasteiger partial charge in [0.05, 0.1) is 12.7 Å². The molecule has 0 bridgehead atoms. The number of hydrogen-bond acceptors (Lipinski definition) is 5. The third-order valence-electron chi connectivity index (χ3n) is 6.43. The summed E-state index contributed by atoms with van der Waals surface area (Å²) >= 11 is 0. The van der Waals surface area contributed by atoms with Crippen LogP contribution < -0.4 is 0 Å². The van der Waals surface area contributed by atoms with Gasteiger partial charge in [0.15, 0.2) is 6.29 Å². The smallest absolute Gasteiger partial charge is 0.349 e. The maximum absolute atomic E-state index is 8.31. The van der Waals surface area contributed by atoms with Crippen LogP contribution in [0.2, 0.25) is 10.1 Å². The van der Waals surface area contributed by atoms with Crippen LogP contribution in [0.15, 0.2) is 5.11 Å². The lowest BCUT2D eigenvalue weighted by Gasteiger charge is -2.58. The van der Waals surface area contributed by atoms with Crippen LogP contribution in [0.5, 0.6) is 0 Å². The molecule has 7 nitrogen and oxygen atoms in total. The lowest BCUT2D eigenvalue weighted by Crippen LogP contribution is -2.68. The minimum absolute atomic E-state index is 0.0257. The number of unbranched alkanes of at least 4 members (excludes halogenated alkanes) is 2. The molecule has 0 radical (unpaired) electrons. The topological polar surface area (TPSA) is 85.7 Å². The predicted molar refractivity (Wildman–Crippen MR) is 117 cm³/mol. The zero-order chi connectivity index (χ0) is 21.9. The van der Waals surface area contributed by atoms with Crippen LogP contribution in [0.25, 0.3) is 10.4 Å². The molecule has 8 heteroatoms. The van der Waals surface area contributed by atoms with E-state index in [0.717, 1.165) is 19.3 Å². The number of nitrogens with zero attached hydrogens (tertiary/aromatic N) is 3. The Labute approximate surface area is 177 Å². The van der Waals surface area contributed by atoms with Crippen molar-refractivity contribution in [1.29, 1.82) is 0 Å². The van der Waals surface area contributed by atoms with Crippen LogP contribution in [0.3, 0.4) is 0 Å². The predicted octanol–water partition coefficient (Wildman–Crippen LogP) is 5.94. The van der Waals surface area contributed by atoms with Crippen molar-refractivity contribution in [3.05, 3.63) is 10.4 Å². The summed E-state index contributed by atoms with van der Waals surface area (Å²) < 4.78 is 25.9. The van der Waals surface area contributed by atoms with Crippen molar-refractivity contribution in [3.8, 4) is 0 Å². The molecule has 29 heavy (non-hydrogen) atoms. The number of fused-ring (bicyclic) bond motifs is 1. The maximum atomic E-state index is 8.31. The van der Waals surface area contributed by atoms with E-state index < -0.39 is 8.56 Å². The van der Waals surface area contributed by atoms with E-state index in [1.165, 1.54) is 0 Å². The molecule has 2 saturated heterocycles. The Morgan fingerprint density at radius 3 is 2.28 bits per heavy atom. The first-order valence-corrected chi connectivity index (χ1v) is 12.9. The molecule has 0 saturated carbocycles. The van der Waals surface area contributed by atoms with Gasteiger partial charge in [0.1, 0.15) is 6.10 Å². The Morgan fingerprint density at radius 1 is 1.03 bits per heavy atom. The molecule has 0 aromatic rings. The highest BCUT2D eigenvalue weighted by atomic mass is 28.4. The second kappa shape index (κ2) is 9.67. The number of rotatable bonds is 7. The van der Waals surface area contributed by atoms with Gasteiger partial charge in [0.25, 0.3) is 0 Å². The van der Waals surface area contributed by atoms with Crippen LogP contribution in [-0.4, -0.2) is 46.8 Å². The van der Waals surface area contributed by atoms with Crippen molar-refractivity contribution in [3.63, 3.8) is 0 Å². The molecule has 0 aliphatic carbocycles. The second-order valence-electron chi connectivity index (χ2n) is 10.7. The van der Waals surface area contributed by atoms with E-state index in [2.05, 4.69) is 65.4 Å². The number of ether oxygens (including phenoxy) is 2. The van der Waals surface area contributed by atoms with E-state index >= 15 is 0 Å². The Morgan fingerprint density at radius 2 is 1.69 bits per heavy atom. The van der Waals surface area contributed by atoms with Crippen LogP contribution in [0, 0.1) is 11.8 Å². The van der Waals surface area contributed by atoms with E-state index in [4.69, 9.17) is 23.9 Å². The SMILES string of the molecule is CC1[C@@H](OCCCCCN=[N+]=[N-])OC2CO[Si](C(C)(C)C)(C(C)(C)C)O[C@@H]2[C@@H]1C. The van der Waals surface area contributed by atoms with Gasteiger partial charge in [-0.2, -0.15) is 0 Å². The Balaban J connectivity index is 1.98. The monoisotopic (exact) mass is 427 g/mol. The van der Waals surface area contributed by atoms with E-state index in [0.29, 0.717) is 25.7 Å². The van der Waals surface area contributed by atoms with Gasteiger partial charge in [0, 0.05) is 34.1 Å². The number of hydrogen-bond donors (Lipinski definition) is 0. The molecule has 168 valence electrons. The second-order valence-corrected chi connectivity index (χ2v) is 15.4. The quantitative estimate of drug-likeness (QED) is 0.165. The average molecular weight is 428 g/mol. The van der Waals surface area contributed by atoms with Crippen LogP contribution in [0.1, 0.15) is 74.7 Å². The lowest BCUT2D eigenvalue weighted by molar-refractivity contribution is -0.278. The summed E-state index contributed by atoms with van der Waals surface area (Å²) in [5, 5.41) is 3.51. The summed E-state index contributed by atoms with van der Waals surface area (Å²) in [5.41, 5.74) is 8.31. The number of azide groups is 1. The molecule has 0 N–H and O–H groups in total. The van der Waals surface area contributed by atoms with Crippen LogP contribution in [-0.2, 0) is 18.3 Å². The minimum atomic E-state index is -2.49. The third-order valence-corrected chi connectivity index (χ3v) is 11.6. The Bertz CT molecular complexity index is 567. The average Bonchev–Trinajstić information content (AvgIpc) is 2.62. The highest BCUT2D eigenvalue weighted by molar-refractivity contribution is 6.73. The van der Waals surface area contributed by atoms with Crippen molar-refractivity contribution < 1.29 is 18.3 Å². The van der Waals surface area contributed by atoms with Gasteiger partial charge in [-0.05, 0) is 24.3 Å². The fourth-order valence-electron chi connectivity index (χ4n) is 4.81. The lowest BCUT2D eigenvalue weighted by atomic mass is 9.85. The maximum Gasteiger partial charge on any atom is 0.349 e. The molecule has 0 aromatic heterocycles. The summed E-state index contributed by atoms with van der Waals surface area (Å²) in [6.07, 6.45) is 2.55. The van der Waals surface area contributed by atoms with Crippen LogP contribution >= 0.6 is 0 Å². The van der Waals surface area contributed by atoms with E-state index in [9.17, 15) is 0 Å². The van der Waals surface area contributed by atoms with Gasteiger partial charge < -0.3 is 18.3 Å². The molecule has 2 aliphatic rings. The first kappa shape index (κ1) is 24.6. The summed E-state index contributed by atoms with van der Waals surface area (Å²) in [5.74, 6) is 0.591. The van der Waals surface area contributed by atoms with Crippen molar-refractivity contribution in [2.24, 2.45) is 17.0 Å². The zero-order valence-electron chi connectivity index (χ0n) is 19.6. The molecule has 5 atom stereocenters. The zero-order valence-corrected chi connectivity index (χ0v) is 20.6. The van der Waals surface area contributed by atoms with Gasteiger partial charge in [-0.15, -0.1) is 0 Å².